The smallest absolute Gasteiger partial charge is 0.295 e. The molecule has 6 nitrogen and oxygen atoms in total. The van der Waals surface area contributed by atoms with E-state index in [1.54, 1.807) is 31.4 Å². The Balaban J connectivity index is 1.85. The summed E-state index contributed by atoms with van der Waals surface area (Å²) in [6, 6.07) is 16.2. The highest BCUT2D eigenvalue weighted by molar-refractivity contribution is 5.93. The molecule has 1 atom stereocenters. The molecule has 1 unspecified atom stereocenters. The van der Waals surface area contributed by atoms with Gasteiger partial charge in [-0.25, -0.2) is 4.59 Å². The van der Waals surface area contributed by atoms with Crippen LogP contribution in [0.15, 0.2) is 54.6 Å². The minimum atomic E-state index is -0.716. The van der Waals surface area contributed by atoms with Gasteiger partial charge in [0.25, 0.3) is 5.91 Å². The standard InChI is InChI=1S/C19H24N2O4/c1-21(2,13-16(22)14-25-18-7-5-4-6-8-18)20-19(23)15-9-11-17(24-3)12-10-15/h4-12,16,22H,13-14H2,1-3H3/p+1. The second-order valence-electron chi connectivity index (χ2n) is 6.31. The van der Waals surface area contributed by atoms with Gasteiger partial charge >= 0.3 is 0 Å². The van der Waals surface area contributed by atoms with Crippen LogP contribution in [0.2, 0.25) is 0 Å². The van der Waals surface area contributed by atoms with Gasteiger partial charge in [-0.3, -0.25) is 4.79 Å². The third-order valence-electron chi connectivity index (χ3n) is 3.61. The Hall–Kier alpha value is -2.57. The zero-order valence-corrected chi connectivity index (χ0v) is 14.8. The molecule has 2 aromatic carbocycles. The van der Waals surface area contributed by atoms with Crippen LogP contribution in [-0.4, -0.2) is 56.1 Å². The molecule has 0 spiro atoms. The molecular weight excluding hydrogens is 320 g/mol. The van der Waals surface area contributed by atoms with E-state index in [0.29, 0.717) is 23.6 Å². The van der Waals surface area contributed by atoms with Crippen molar-refractivity contribution in [3.05, 3.63) is 60.2 Å². The van der Waals surface area contributed by atoms with Crippen LogP contribution < -0.4 is 14.9 Å². The molecule has 0 heterocycles. The maximum Gasteiger partial charge on any atom is 0.295 e. The summed E-state index contributed by atoms with van der Waals surface area (Å²) in [5.41, 5.74) is 3.41. The average Bonchev–Trinajstić information content (AvgIpc) is 2.60. The second-order valence-corrected chi connectivity index (χ2v) is 6.31. The lowest BCUT2D eigenvalue weighted by molar-refractivity contribution is -0.927. The number of carbonyl (C=O) groups excluding carboxylic acids is 1. The summed E-state index contributed by atoms with van der Waals surface area (Å²) < 4.78 is 10.8. The number of nitrogens with one attached hydrogen (secondary N) is 1. The molecule has 0 radical (unpaired) electrons. The van der Waals surface area contributed by atoms with Crippen molar-refractivity contribution in [2.45, 2.75) is 6.10 Å². The van der Waals surface area contributed by atoms with E-state index in [4.69, 9.17) is 9.47 Å². The molecule has 0 fully saturated rings. The van der Waals surface area contributed by atoms with E-state index >= 15 is 0 Å². The Kier molecular flexibility index (Phi) is 6.38. The van der Waals surface area contributed by atoms with E-state index in [-0.39, 0.29) is 17.1 Å². The van der Waals surface area contributed by atoms with Crippen molar-refractivity contribution >= 4 is 5.91 Å². The number of amides is 1. The fraction of sp³-hybridized carbons (Fsp3) is 0.316. The molecule has 2 N–H and O–H groups in total. The van der Waals surface area contributed by atoms with Crippen LogP contribution in [0.3, 0.4) is 0 Å². The summed E-state index contributed by atoms with van der Waals surface area (Å²) in [5.74, 6) is 1.18. The molecule has 25 heavy (non-hydrogen) atoms. The SMILES string of the molecule is COc1ccc(C(=O)N[N+](C)(C)CC(O)COc2ccccc2)cc1. The third-order valence-corrected chi connectivity index (χ3v) is 3.61. The highest BCUT2D eigenvalue weighted by atomic mass is 16.5. The first kappa shape index (κ1) is 18.8. The Bertz CT molecular complexity index is 672. The number of para-hydroxylation sites is 1. The highest BCUT2D eigenvalue weighted by Crippen LogP contribution is 2.12. The Morgan fingerprint density at radius 1 is 1.08 bits per heavy atom. The molecule has 0 aromatic heterocycles. The molecule has 2 rings (SSSR count). The van der Waals surface area contributed by atoms with Crippen molar-refractivity contribution < 1.29 is 24.0 Å². The Morgan fingerprint density at radius 2 is 1.72 bits per heavy atom. The van der Waals surface area contributed by atoms with Gasteiger partial charge in [0.15, 0.2) is 0 Å². The minimum Gasteiger partial charge on any atom is -0.497 e. The topological polar surface area (TPSA) is 67.8 Å². The number of aliphatic hydroxyl groups is 1. The molecule has 1 amide bonds. The number of benzene rings is 2. The summed E-state index contributed by atoms with van der Waals surface area (Å²) in [5, 5.41) is 10.2. The quantitative estimate of drug-likeness (QED) is 0.566. The number of methoxy groups -OCH3 is 1. The number of likely N-dealkylation sites (N-methyl/N-ethyl adjacent to an activating group) is 1. The van der Waals surface area contributed by atoms with Gasteiger partial charge in [0.1, 0.15) is 30.8 Å². The number of nitrogens with zero attached hydrogens (tertiary/aromatic N) is 1. The van der Waals surface area contributed by atoms with Crippen LogP contribution in [0, 0.1) is 0 Å². The molecule has 134 valence electrons. The normalized spacial score (nSPS) is 12.3. The summed E-state index contributed by atoms with van der Waals surface area (Å²) >= 11 is 0. The van der Waals surface area contributed by atoms with Crippen LogP contribution in [-0.2, 0) is 0 Å². The average molecular weight is 345 g/mol. The molecule has 6 heteroatoms. The van der Waals surface area contributed by atoms with Gasteiger partial charge < -0.3 is 14.6 Å². The summed E-state index contributed by atoms with van der Waals surface area (Å²) in [4.78, 5) is 12.3. The predicted octanol–water partition coefficient (Wildman–Crippen LogP) is 1.86. The minimum absolute atomic E-state index is 0.129. The van der Waals surface area contributed by atoms with Gasteiger partial charge in [-0.05, 0) is 36.4 Å². The Morgan fingerprint density at radius 3 is 2.32 bits per heavy atom. The fourth-order valence-electron chi connectivity index (χ4n) is 2.42. The first-order valence-corrected chi connectivity index (χ1v) is 8.05. The van der Waals surface area contributed by atoms with E-state index in [2.05, 4.69) is 5.43 Å². The Labute approximate surface area is 148 Å². The molecule has 0 saturated heterocycles. The second kappa shape index (κ2) is 8.50. The zero-order valence-electron chi connectivity index (χ0n) is 14.8. The van der Waals surface area contributed by atoms with Gasteiger partial charge in [0, 0.05) is 5.56 Å². The van der Waals surface area contributed by atoms with Crippen LogP contribution >= 0.6 is 0 Å². The van der Waals surface area contributed by atoms with E-state index in [1.807, 2.05) is 44.4 Å². The van der Waals surface area contributed by atoms with E-state index in [0.717, 1.165) is 0 Å². The lowest BCUT2D eigenvalue weighted by atomic mass is 10.2. The number of hydrogen-bond donors (Lipinski definition) is 2. The number of rotatable bonds is 8. The van der Waals surface area contributed by atoms with Crippen LogP contribution in [0.25, 0.3) is 0 Å². The van der Waals surface area contributed by atoms with Gasteiger partial charge in [-0.1, -0.05) is 18.2 Å². The van der Waals surface area contributed by atoms with Gasteiger partial charge in [-0.15, -0.1) is 0 Å². The van der Waals surface area contributed by atoms with Gasteiger partial charge in [0.2, 0.25) is 0 Å². The van der Waals surface area contributed by atoms with Gasteiger partial charge in [0.05, 0.1) is 21.2 Å². The van der Waals surface area contributed by atoms with Crippen LogP contribution in [0.1, 0.15) is 10.4 Å². The van der Waals surface area contributed by atoms with Crippen LogP contribution in [0.4, 0.5) is 0 Å². The van der Waals surface area contributed by atoms with E-state index in [1.165, 1.54) is 0 Å². The number of aliphatic hydroxyl groups excluding tert-OH is 1. The van der Waals surface area contributed by atoms with Gasteiger partial charge in [-0.2, -0.15) is 5.43 Å². The van der Waals surface area contributed by atoms with Crippen molar-refractivity contribution in [3.63, 3.8) is 0 Å². The first-order valence-electron chi connectivity index (χ1n) is 8.05. The van der Waals surface area contributed by atoms with Crippen LogP contribution in [0.5, 0.6) is 11.5 Å². The van der Waals surface area contributed by atoms with Crippen molar-refractivity contribution in [1.82, 2.24) is 5.43 Å². The van der Waals surface area contributed by atoms with Crippen molar-refractivity contribution in [2.24, 2.45) is 0 Å². The summed E-state index contributed by atoms with van der Waals surface area (Å²) in [7, 11) is 5.20. The summed E-state index contributed by atoms with van der Waals surface area (Å²) in [6.45, 7) is 0.471. The molecule has 0 aliphatic carbocycles. The lowest BCUT2D eigenvalue weighted by Crippen LogP contribution is -2.58. The molecule has 0 saturated carbocycles. The monoisotopic (exact) mass is 345 g/mol. The molecule has 0 aliphatic heterocycles. The number of quaternary nitrogens is 1. The maximum absolute atomic E-state index is 12.3. The number of carbonyl (C=O) groups is 1. The predicted molar refractivity (Wildman–Crippen MR) is 95.4 cm³/mol. The highest BCUT2D eigenvalue weighted by Gasteiger charge is 2.24. The molecule has 0 bridgehead atoms. The maximum atomic E-state index is 12.3. The molecule has 2 aromatic rings. The van der Waals surface area contributed by atoms with Crippen molar-refractivity contribution in [2.75, 3.05) is 34.4 Å². The third kappa shape index (κ3) is 6.10. The fourth-order valence-corrected chi connectivity index (χ4v) is 2.42. The molecular formula is C19H25N2O4+. The van der Waals surface area contributed by atoms with Crippen molar-refractivity contribution in [1.29, 1.82) is 0 Å². The lowest BCUT2D eigenvalue weighted by Gasteiger charge is -2.31. The zero-order chi connectivity index (χ0) is 18.3. The largest absolute Gasteiger partial charge is 0.497 e. The first-order chi connectivity index (χ1) is 11.9. The number of ether oxygens (including phenoxy) is 2. The van der Waals surface area contributed by atoms with E-state index < -0.39 is 6.10 Å². The van der Waals surface area contributed by atoms with Crippen molar-refractivity contribution in [3.8, 4) is 11.5 Å². The molecule has 0 aliphatic rings. The summed E-state index contributed by atoms with van der Waals surface area (Å²) in [6.07, 6.45) is -0.716. The van der Waals surface area contributed by atoms with E-state index in [9.17, 15) is 9.90 Å². The number of hydrogen-bond acceptors (Lipinski definition) is 4.